The minimum absolute atomic E-state index is 0.136. The van der Waals surface area contributed by atoms with E-state index in [4.69, 9.17) is 9.47 Å². The number of hydrogen-bond acceptors (Lipinski definition) is 5. The molecule has 212 valence electrons. The average molecular weight is 572 g/mol. The Bertz CT molecular complexity index is 1730. The first-order valence-electron chi connectivity index (χ1n) is 13.9. The highest BCUT2D eigenvalue weighted by Gasteiger charge is 2.34. The van der Waals surface area contributed by atoms with Crippen LogP contribution in [0.3, 0.4) is 0 Å². The lowest BCUT2D eigenvalue weighted by Gasteiger charge is -2.26. The van der Waals surface area contributed by atoms with Gasteiger partial charge in [0.1, 0.15) is 12.4 Å². The molecule has 1 saturated heterocycles. The van der Waals surface area contributed by atoms with Crippen LogP contribution >= 0.6 is 0 Å². The zero-order valence-corrected chi connectivity index (χ0v) is 24.1. The van der Waals surface area contributed by atoms with Crippen LogP contribution in [0.5, 0.6) is 5.75 Å². The molecule has 0 bridgehead atoms. The first-order chi connectivity index (χ1) is 19.9. The predicted octanol–water partition coefficient (Wildman–Crippen LogP) is 4.96. The van der Waals surface area contributed by atoms with Crippen LogP contribution in [-0.2, 0) is 26.1 Å². The molecular weight excluding hydrogens is 538 g/mol. The fraction of sp³-hybridized carbons (Fsp3) is 0.281. The lowest BCUT2D eigenvalue weighted by molar-refractivity contribution is -0.112. The van der Waals surface area contributed by atoms with Crippen molar-refractivity contribution in [3.8, 4) is 5.75 Å². The van der Waals surface area contributed by atoms with Gasteiger partial charge in [-0.1, -0.05) is 35.9 Å². The predicted molar refractivity (Wildman–Crippen MR) is 161 cm³/mol. The van der Waals surface area contributed by atoms with Crippen molar-refractivity contribution in [3.05, 3.63) is 89.6 Å². The number of ether oxygens (including phenoxy) is 2. The number of para-hydroxylation sites is 1. The second-order valence-corrected chi connectivity index (χ2v) is 12.2. The fourth-order valence-electron chi connectivity index (χ4n) is 5.51. The number of carbonyl (C=O) groups excluding carboxylic acids is 1. The normalized spacial score (nSPS) is 17.0. The number of nitrogens with zero attached hydrogens (tertiary/aromatic N) is 3. The van der Waals surface area contributed by atoms with Crippen LogP contribution in [0.1, 0.15) is 23.6 Å². The summed E-state index contributed by atoms with van der Waals surface area (Å²) in [6.45, 7) is 6.94. The van der Waals surface area contributed by atoms with Crippen LogP contribution in [0.15, 0.2) is 77.8 Å². The number of aromatic nitrogens is 1. The third kappa shape index (κ3) is 5.16. The van der Waals surface area contributed by atoms with E-state index in [1.807, 2.05) is 68.6 Å². The van der Waals surface area contributed by atoms with Crippen LogP contribution in [0.25, 0.3) is 22.6 Å². The van der Waals surface area contributed by atoms with Gasteiger partial charge in [-0.2, -0.15) is 4.31 Å². The van der Waals surface area contributed by atoms with Crippen LogP contribution in [0.4, 0.5) is 5.69 Å². The molecule has 9 heteroatoms. The third-order valence-corrected chi connectivity index (χ3v) is 9.58. The van der Waals surface area contributed by atoms with Crippen LogP contribution in [-0.4, -0.2) is 62.7 Å². The molecule has 4 aromatic rings. The highest BCUT2D eigenvalue weighted by atomic mass is 32.2. The van der Waals surface area contributed by atoms with E-state index in [9.17, 15) is 13.2 Å². The Morgan fingerprint density at radius 3 is 2.51 bits per heavy atom. The second kappa shape index (κ2) is 11.2. The molecule has 0 atom stereocenters. The molecule has 3 heterocycles. The van der Waals surface area contributed by atoms with Crippen molar-refractivity contribution < 1.29 is 22.7 Å². The Labute approximate surface area is 240 Å². The lowest BCUT2D eigenvalue weighted by Crippen LogP contribution is -2.40. The minimum Gasteiger partial charge on any atom is -0.492 e. The number of fused-ring (bicyclic) bond motifs is 2. The second-order valence-electron chi connectivity index (χ2n) is 10.3. The number of morpholine rings is 1. The van der Waals surface area contributed by atoms with Gasteiger partial charge in [-0.05, 0) is 56.3 Å². The Kier molecular flexibility index (Phi) is 7.42. The van der Waals surface area contributed by atoms with E-state index in [-0.39, 0.29) is 10.8 Å². The summed E-state index contributed by atoms with van der Waals surface area (Å²) in [4.78, 5) is 15.5. The van der Waals surface area contributed by atoms with Crippen molar-refractivity contribution >= 4 is 44.2 Å². The number of rotatable bonds is 8. The molecule has 0 spiro atoms. The largest absolute Gasteiger partial charge is 0.492 e. The molecule has 6 rings (SSSR count). The van der Waals surface area contributed by atoms with Gasteiger partial charge in [0.2, 0.25) is 10.0 Å². The summed E-state index contributed by atoms with van der Waals surface area (Å²) in [6.07, 6.45) is 3.92. The lowest BCUT2D eigenvalue weighted by atomic mass is 10.0. The molecule has 41 heavy (non-hydrogen) atoms. The number of anilines is 1. The van der Waals surface area contributed by atoms with E-state index in [0.717, 1.165) is 27.9 Å². The molecular formula is C32H33N3O5S. The van der Waals surface area contributed by atoms with Crippen LogP contribution < -0.4 is 9.64 Å². The maximum Gasteiger partial charge on any atom is 0.258 e. The van der Waals surface area contributed by atoms with Crippen molar-refractivity contribution in [2.75, 3.05) is 44.4 Å². The summed E-state index contributed by atoms with van der Waals surface area (Å²) in [5, 5.41) is 1.01. The molecule has 0 saturated carbocycles. The molecule has 1 aromatic heterocycles. The van der Waals surface area contributed by atoms with Gasteiger partial charge in [-0.25, -0.2) is 8.42 Å². The third-order valence-electron chi connectivity index (χ3n) is 7.69. The van der Waals surface area contributed by atoms with Gasteiger partial charge in [-0.3, -0.25) is 4.79 Å². The van der Waals surface area contributed by atoms with Gasteiger partial charge in [0.05, 0.1) is 30.3 Å². The van der Waals surface area contributed by atoms with Gasteiger partial charge < -0.3 is 18.9 Å². The maximum atomic E-state index is 13.6. The van der Waals surface area contributed by atoms with Crippen molar-refractivity contribution in [1.29, 1.82) is 0 Å². The number of sulfonamides is 1. The average Bonchev–Trinajstić information content (AvgIpc) is 3.48. The Morgan fingerprint density at radius 2 is 1.76 bits per heavy atom. The minimum atomic E-state index is -3.71. The van der Waals surface area contributed by atoms with Gasteiger partial charge in [-0.15, -0.1) is 0 Å². The van der Waals surface area contributed by atoms with E-state index in [1.165, 1.54) is 9.87 Å². The fourth-order valence-corrected chi connectivity index (χ4v) is 6.95. The number of hydrogen-bond donors (Lipinski definition) is 0. The molecule has 2 aliphatic rings. The van der Waals surface area contributed by atoms with Crippen molar-refractivity contribution in [1.82, 2.24) is 8.87 Å². The quantitative estimate of drug-likeness (QED) is 0.280. The Balaban J connectivity index is 1.35. The molecule has 0 N–H and O–H groups in total. The van der Waals surface area contributed by atoms with Gasteiger partial charge in [0, 0.05) is 53.4 Å². The molecule has 1 amide bonds. The standard InChI is InChI=1S/C32H33N3O5S/c1-3-35-31-13-12-26(41(37,38)34-15-17-39-18-16-34)21-28(31)29(32(35)36)20-24-22-33(30-7-5-4-6-27(24)30)14-19-40-25-10-8-23(2)9-11-25/h4-13,20-22H,3,14-19H2,1-2H3/b29-20-. The van der Waals surface area contributed by atoms with E-state index in [0.29, 0.717) is 57.1 Å². The Morgan fingerprint density at radius 1 is 1.00 bits per heavy atom. The first kappa shape index (κ1) is 27.3. The Hall–Kier alpha value is -3.92. The van der Waals surface area contributed by atoms with Gasteiger partial charge in [0.25, 0.3) is 5.91 Å². The van der Waals surface area contributed by atoms with Crippen molar-refractivity contribution in [2.45, 2.75) is 25.3 Å². The molecule has 0 radical (unpaired) electrons. The topological polar surface area (TPSA) is 81.1 Å². The summed E-state index contributed by atoms with van der Waals surface area (Å²) in [7, 11) is -3.71. The first-order valence-corrected chi connectivity index (χ1v) is 15.3. The molecule has 2 aliphatic heterocycles. The smallest absolute Gasteiger partial charge is 0.258 e. The molecule has 8 nitrogen and oxygen atoms in total. The summed E-state index contributed by atoms with van der Waals surface area (Å²) in [5.74, 6) is 0.688. The van der Waals surface area contributed by atoms with Crippen LogP contribution in [0, 0.1) is 6.92 Å². The van der Waals surface area contributed by atoms with E-state index in [1.54, 1.807) is 23.1 Å². The number of aryl methyl sites for hydroxylation is 1. The van der Waals surface area contributed by atoms with Gasteiger partial charge in [0.15, 0.2) is 0 Å². The van der Waals surface area contributed by atoms with Crippen molar-refractivity contribution in [3.63, 3.8) is 0 Å². The molecule has 0 aliphatic carbocycles. The van der Waals surface area contributed by atoms with Crippen LogP contribution in [0.2, 0.25) is 0 Å². The zero-order valence-electron chi connectivity index (χ0n) is 23.2. The number of benzene rings is 3. The highest BCUT2D eigenvalue weighted by molar-refractivity contribution is 7.89. The zero-order chi connectivity index (χ0) is 28.6. The monoisotopic (exact) mass is 571 g/mol. The SMILES string of the molecule is CCN1C(=O)/C(=C\c2cn(CCOc3ccc(C)cc3)c3ccccc23)c2cc(S(=O)(=O)N3CCOCC3)ccc21. The highest BCUT2D eigenvalue weighted by Crippen LogP contribution is 2.40. The molecule has 3 aromatic carbocycles. The number of likely N-dealkylation sites (N-methyl/N-ethyl adjacent to an activating group) is 1. The maximum absolute atomic E-state index is 13.6. The van der Waals surface area contributed by atoms with E-state index < -0.39 is 10.0 Å². The summed E-state index contributed by atoms with van der Waals surface area (Å²) < 4.78 is 41.7. The summed E-state index contributed by atoms with van der Waals surface area (Å²) >= 11 is 0. The number of amides is 1. The molecule has 1 fully saturated rings. The van der Waals surface area contributed by atoms with E-state index >= 15 is 0 Å². The summed E-state index contributed by atoms with van der Waals surface area (Å²) in [6, 6.07) is 21.0. The van der Waals surface area contributed by atoms with E-state index in [2.05, 4.69) is 10.6 Å². The van der Waals surface area contributed by atoms with Gasteiger partial charge >= 0.3 is 0 Å². The summed E-state index contributed by atoms with van der Waals surface area (Å²) in [5.41, 5.74) is 4.95. The van der Waals surface area contributed by atoms with Crippen molar-refractivity contribution in [2.24, 2.45) is 0 Å². The molecule has 0 unspecified atom stereocenters. The number of carbonyl (C=O) groups is 1.